The van der Waals surface area contributed by atoms with Gasteiger partial charge in [0, 0.05) is 19.7 Å². The zero-order valence-electron chi connectivity index (χ0n) is 13.0. The summed E-state index contributed by atoms with van der Waals surface area (Å²) in [6, 6.07) is 1.82. The van der Waals surface area contributed by atoms with E-state index >= 15 is 0 Å². The predicted octanol–water partition coefficient (Wildman–Crippen LogP) is 1.10. The summed E-state index contributed by atoms with van der Waals surface area (Å²) in [5.74, 6) is -0.0562. The number of rotatable bonds is 7. The highest BCUT2D eigenvalue weighted by Gasteiger charge is 2.14. The van der Waals surface area contributed by atoms with Gasteiger partial charge in [0.15, 0.2) is 0 Å². The van der Waals surface area contributed by atoms with Crippen molar-refractivity contribution in [2.75, 3.05) is 26.2 Å². The molecule has 6 nitrogen and oxygen atoms in total. The van der Waals surface area contributed by atoms with E-state index in [4.69, 9.17) is 4.74 Å². The molecule has 118 valence electrons. The van der Waals surface area contributed by atoms with Crippen LogP contribution in [0.4, 0.5) is 0 Å². The van der Waals surface area contributed by atoms with Crippen LogP contribution in [0.5, 0.6) is 0 Å². The Balaban J connectivity index is 1.64. The van der Waals surface area contributed by atoms with Crippen molar-refractivity contribution >= 4 is 5.91 Å². The van der Waals surface area contributed by atoms with Gasteiger partial charge in [-0.25, -0.2) is 0 Å². The number of aryl methyl sites for hydroxylation is 2. The van der Waals surface area contributed by atoms with Crippen LogP contribution >= 0.6 is 0 Å². The van der Waals surface area contributed by atoms with Crippen LogP contribution in [0.25, 0.3) is 0 Å². The number of hydrogen-bond donors (Lipinski definition) is 2. The summed E-state index contributed by atoms with van der Waals surface area (Å²) >= 11 is 0. The quantitative estimate of drug-likeness (QED) is 0.739. The molecule has 1 aliphatic rings. The molecule has 0 aromatic carbocycles. The van der Waals surface area contributed by atoms with E-state index in [0.717, 1.165) is 38.0 Å². The van der Waals surface area contributed by atoms with E-state index in [1.54, 1.807) is 4.68 Å². The smallest absolute Gasteiger partial charge is 0.269 e. The maximum absolute atomic E-state index is 12.1. The summed E-state index contributed by atoms with van der Waals surface area (Å²) in [7, 11) is 0. The fourth-order valence-electron chi connectivity index (χ4n) is 2.55. The number of nitrogens with zero attached hydrogens (tertiary/aromatic N) is 2. The molecule has 1 fully saturated rings. The zero-order chi connectivity index (χ0) is 15.1. The maximum Gasteiger partial charge on any atom is 0.269 e. The lowest BCUT2D eigenvalue weighted by molar-refractivity contribution is 0.0317. The Morgan fingerprint density at radius 1 is 1.52 bits per heavy atom. The second kappa shape index (κ2) is 8.14. The Hall–Kier alpha value is -1.40. The molecule has 0 radical (unpaired) electrons. The summed E-state index contributed by atoms with van der Waals surface area (Å²) in [5.41, 5.74) is 1.51. The summed E-state index contributed by atoms with van der Waals surface area (Å²) < 4.78 is 7.54. The molecule has 1 saturated heterocycles. The Morgan fingerprint density at radius 2 is 2.29 bits per heavy atom. The Morgan fingerprint density at radius 3 is 3.00 bits per heavy atom. The van der Waals surface area contributed by atoms with Crippen LogP contribution in [0, 0.1) is 6.92 Å². The molecule has 0 saturated carbocycles. The van der Waals surface area contributed by atoms with E-state index in [2.05, 4.69) is 15.7 Å². The molecule has 2 rings (SSSR count). The minimum Gasteiger partial charge on any atom is -0.378 e. The van der Waals surface area contributed by atoms with Crippen LogP contribution in [-0.4, -0.2) is 48.0 Å². The summed E-state index contributed by atoms with van der Waals surface area (Å²) in [6.07, 6.45) is 3.39. The van der Waals surface area contributed by atoms with Crippen molar-refractivity contribution in [1.29, 1.82) is 0 Å². The van der Waals surface area contributed by atoms with Crippen molar-refractivity contribution in [3.63, 3.8) is 0 Å². The molecule has 2 N–H and O–H groups in total. The van der Waals surface area contributed by atoms with Crippen molar-refractivity contribution in [1.82, 2.24) is 20.4 Å². The zero-order valence-corrected chi connectivity index (χ0v) is 13.0. The molecule has 1 aromatic heterocycles. The first kappa shape index (κ1) is 16.0. The second-order valence-electron chi connectivity index (χ2n) is 5.42. The number of nitrogens with one attached hydrogen (secondary N) is 2. The number of hydrogen-bond acceptors (Lipinski definition) is 4. The molecule has 1 aromatic rings. The van der Waals surface area contributed by atoms with Gasteiger partial charge in [-0.2, -0.15) is 5.10 Å². The summed E-state index contributed by atoms with van der Waals surface area (Å²) in [5, 5.41) is 10.5. The van der Waals surface area contributed by atoms with Gasteiger partial charge in [0.25, 0.3) is 5.91 Å². The number of amides is 1. The monoisotopic (exact) mass is 294 g/mol. The molecule has 0 unspecified atom stereocenters. The molecule has 21 heavy (non-hydrogen) atoms. The van der Waals surface area contributed by atoms with Crippen molar-refractivity contribution < 1.29 is 9.53 Å². The molecular weight excluding hydrogens is 268 g/mol. The normalized spacial score (nSPS) is 16.1. The van der Waals surface area contributed by atoms with E-state index in [9.17, 15) is 4.79 Å². The van der Waals surface area contributed by atoms with Gasteiger partial charge in [-0.15, -0.1) is 0 Å². The Kier molecular flexibility index (Phi) is 6.20. The van der Waals surface area contributed by atoms with Crippen LogP contribution in [0.2, 0.25) is 0 Å². The van der Waals surface area contributed by atoms with Crippen LogP contribution in [0.15, 0.2) is 6.07 Å². The molecule has 1 amide bonds. The average Bonchev–Trinajstić information content (AvgIpc) is 2.89. The van der Waals surface area contributed by atoms with Gasteiger partial charge >= 0.3 is 0 Å². The van der Waals surface area contributed by atoms with Crippen molar-refractivity contribution in [2.24, 2.45) is 0 Å². The summed E-state index contributed by atoms with van der Waals surface area (Å²) in [4.78, 5) is 12.1. The van der Waals surface area contributed by atoms with Crippen molar-refractivity contribution in [3.05, 3.63) is 17.5 Å². The van der Waals surface area contributed by atoms with Gasteiger partial charge in [0.05, 0.1) is 11.8 Å². The third-order valence-corrected chi connectivity index (χ3v) is 3.68. The topological polar surface area (TPSA) is 68.2 Å². The van der Waals surface area contributed by atoms with E-state index in [1.165, 1.54) is 0 Å². The van der Waals surface area contributed by atoms with Crippen LogP contribution < -0.4 is 10.6 Å². The van der Waals surface area contributed by atoms with Gasteiger partial charge in [0.2, 0.25) is 0 Å². The molecule has 0 bridgehead atoms. The maximum atomic E-state index is 12.1. The lowest BCUT2D eigenvalue weighted by Crippen LogP contribution is -2.33. The van der Waals surface area contributed by atoms with Crippen LogP contribution in [-0.2, 0) is 11.3 Å². The molecule has 6 heteroatoms. The van der Waals surface area contributed by atoms with E-state index in [1.807, 2.05) is 19.9 Å². The van der Waals surface area contributed by atoms with Crippen LogP contribution in [0.1, 0.15) is 42.4 Å². The number of ether oxygens (including phenoxy) is 1. The molecule has 1 aliphatic heterocycles. The van der Waals surface area contributed by atoms with Gasteiger partial charge < -0.3 is 15.4 Å². The SMILES string of the molecule is CCn1nc(C)cc1C(=O)NCCCOC1CCNCC1. The largest absolute Gasteiger partial charge is 0.378 e. The van der Waals surface area contributed by atoms with Gasteiger partial charge in [-0.05, 0) is 52.3 Å². The number of carbonyl (C=O) groups is 1. The first-order valence-electron chi connectivity index (χ1n) is 7.85. The molecule has 0 spiro atoms. The van der Waals surface area contributed by atoms with Crippen LogP contribution in [0.3, 0.4) is 0 Å². The first-order chi connectivity index (χ1) is 10.2. The third-order valence-electron chi connectivity index (χ3n) is 3.68. The minimum absolute atomic E-state index is 0.0562. The third kappa shape index (κ3) is 4.82. The fourth-order valence-corrected chi connectivity index (χ4v) is 2.55. The Labute approximate surface area is 126 Å². The molecule has 2 heterocycles. The van der Waals surface area contributed by atoms with E-state index in [-0.39, 0.29) is 5.91 Å². The van der Waals surface area contributed by atoms with Gasteiger partial charge in [0.1, 0.15) is 5.69 Å². The predicted molar refractivity (Wildman–Crippen MR) is 81.4 cm³/mol. The van der Waals surface area contributed by atoms with E-state index in [0.29, 0.717) is 31.5 Å². The minimum atomic E-state index is -0.0562. The average molecular weight is 294 g/mol. The van der Waals surface area contributed by atoms with E-state index < -0.39 is 0 Å². The lowest BCUT2D eigenvalue weighted by atomic mass is 10.1. The van der Waals surface area contributed by atoms with Gasteiger partial charge in [-0.1, -0.05) is 0 Å². The second-order valence-corrected chi connectivity index (χ2v) is 5.42. The highest BCUT2D eigenvalue weighted by Crippen LogP contribution is 2.07. The fraction of sp³-hybridized carbons (Fsp3) is 0.733. The molecule has 0 atom stereocenters. The standard InChI is InChI=1S/C15H26N4O2/c1-3-19-14(11-12(2)18-19)15(20)17-7-4-10-21-13-5-8-16-9-6-13/h11,13,16H,3-10H2,1-2H3,(H,17,20). The highest BCUT2D eigenvalue weighted by molar-refractivity contribution is 5.92. The molecular formula is C15H26N4O2. The Bertz CT molecular complexity index is 453. The summed E-state index contributed by atoms with van der Waals surface area (Å²) in [6.45, 7) is 8.01. The highest BCUT2D eigenvalue weighted by atomic mass is 16.5. The first-order valence-corrected chi connectivity index (χ1v) is 7.85. The number of carbonyl (C=O) groups excluding carboxylic acids is 1. The van der Waals surface area contributed by atoms with Crippen molar-refractivity contribution in [2.45, 2.75) is 45.8 Å². The van der Waals surface area contributed by atoms with Gasteiger partial charge in [-0.3, -0.25) is 9.48 Å². The lowest BCUT2D eigenvalue weighted by Gasteiger charge is -2.22. The number of aromatic nitrogens is 2. The van der Waals surface area contributed by atoms with Crippen molar-refractivity contribution in [3.8, 4) is 0 Å². The molecule has 0 aliphatic carbocycles. The number of piperidine rings is 1.